The summed E-state index contributed by atoms with van der Waals surface area (Å²) in [4.78, 5) is 5.06. The van der Waals surface area contributed by atoms with Crippen LogP contribution < -0.4 is 0 Å². The third-order valence-electron chi connectivity index (χ3n) is 1.87. The van der Waals surface area contributed by atoms with Crippen LogP contribution >= 0.6 is 46.6 Å². The van der Waals surface area contributed by atoms with Gasteiger partial charge in [-0.15, -0.1) is 0 Å². The van der Waals surface area contributed by atoms with E-state index in [1.807, 2.05) is 13.0 Å². The number of pyridine rings is 1. The second kappa shape index (κ2) is 4.88. The van der Waals surface area contributed by atoms with Gasteiger partial charge in [0, 0.05) is 0 Å². The summed E-state index contributed by atoms with van der Waals surface area (Å²) in [7, 11) is 0. The average molecular weight is 295 g/mol. The first-order chi connectivity index (χ1) is 7.58. The summed E-state index contributed by atoms with van der Waals surface area (Å²) >= 11 is 19.0. The fraction of sp³-hybridized carbons (Fsp3) is 0.100. The zero-order valence-corrected chi connectivity index (χ0v) is 11.2. The van der Waals surface area contributed by atoms with E-state index in [1.165, 1.54) is 11.8 Å². The van der Waals surface area contributed by atoms with Gasteiger partial charge < -0.3 is 4.42 Å². The van der Waals surface area contributed by atoms with E-state index in [1.54, 1.807) is 12.3 Å². The number of hydrogen-bond acceptors (Lipinski definition) is 3. The summed E-state index contributed by atoms with van der Waals surface area (Å²) in [6.45, 7) is 1.87. The van der Waals surface area contributed by atoms with E-state index in [-0.39, 0.29) is 5.15 Å². The van der Waals surface area contributed by atoms with Gasteiger partial charge in [-0.3, -0.25) is 0 Å². The highest BCUT2D eigenvalue weighted by Gasteiger charge is 2.11. The van der Waals surface area contributed by atoms with E-state index in [9.17, 15) is 0 Å². The van der Waals surface area contributed by atoms with E-state index in [0.29, 0.717) is 15.1 Å². The monoisotopic (exact) mass is 293 g/mol. The summed E-state index contributed by atoms with van der Waals surface area (Å²) in [5.41, 5.74) is 0. The number of nitrogens with zero attached hydrogens (tertiary/aromatic N) is 1. The molecule has 0 saturated heterocycles. The smallest absolute Gasteiger partial charge is 0.149 e. The highest BCUT2D eigenvalue weighted by Crippen LogP contribution is 2.37. The minimum atomic E-state index is 0.245. The lowest BCUT2D eigenvalue weighted by atomic mass is 10.5. The Hall–Kier alpha value is -0.350. The van der Waals surface area contributed by atoms with E-state index in [0.717, 1.165) is 10.7 Å². The quantitative estimate of drug-likeness (QED) is 0.721. The molecule has 0 aromatic carbocycles. The molecule has 2 nitrogen and oxygen atoms in total. The normalized spacial score (nSPS) is 10.8. The second-order valence-corrected chi connectivity index (χ2v) is 5.19. The summed E-state index contributed by atoms with van der Waals surface area (Å²) in [5.74, 6) is 0.814. The molecule has 2 rings (SSSR count). The lowest BCUT2D eigenvalue weighted by molar-refractivity contribution is 0.527. The van der Waals surface area contributed by atoms with E-state index >= 15 is 0 Å². The van der Waals surface area contributed by atoms with Crippen molar-refractivity contribution in [3.8, 4) is 0 Å². The lowest BCUT2D eigenvalue weighted by Gasteiger charge is -2.03. The van der Waals surface area contributed by atoms with Crippen LogP contribution in [-0.4, -0.2) is 4.98 Å². The van der Waals surface area contributed by atoms with Crippen molar-refractivity contribution in [2.75, 3.05) is 0 Å². The third-order valence-corrected chi connectivity index (χ3v) is 4.09. The first kappa shape index (κ1) is 12.1. The second-order valence-electron chi connectivity index (χ2n) is 2.99. The van der Waals surface area contributed by atoms with Crippen molar-refractivity contribution in [1.29, 1.82) is 0 Å². The molecule has 2 aromatic rings. The molecule has 6 heteroatoms. The van der Waals surface area contributed by atoms with Crippen LogP contribution in [0.4, 0.5) is 0 Å². The van der Waals surface area contributed by atoms with Gasteiger partial charge in [0.1, 0.15) is 15.9 Å². The first-order valence-corrected chi connectivity index (χ1v) is 6.26. The van der Waals surface area contributed by atoms with Crippen LogP contribution in [0.3, 0.4) is 0 Å². The van der Waals surface area contributed by atoms with Crippen LogP contribution in [0.15, 0.2) is 32.7 Å². The molecular weight excluding hydrogens is 289 g/mol. The molecule has 0 fully saturated rings. The Kier molecular flexibility index (Phi) is 3.70. The number of rotatable bonds is 2. The summed E-state index contributed by atoms with van der Waals surface area (Å²) in [5, 5.41) is 1.68. The van der Waals surface area contributed by atoms with Gasteiger partial charge in [-0.25, -0.2) is 4.98 Å². The largest absolute Gasteiger partial charge is 0.468 e. The van der Waals surface area contributed by atoms with Gasteiger partial charge >= 0.3 is 0 Å². The molecule has 0 spiro atoms. The van der Waals surface area contributed by atoms with Crippen molar-refractivity contribution in [3.05, 3.63) is 39.4 Å². The van der Waals surface area contributed by atoms with Crippen LogP contribution in [0, 0.1) is 6.92 Å². The summed E-state index contributed by atoms with van der Waals surface area (Å²) in [6, 6.07) is 3.43. The standard InChI is InChI=1S/C10H6Cl3NOS/c1-5-8(2-3-15-5)16-10-7(12)4-6(11)9(13)14-10/h2-4H,1H3. The first-order valence-electron chi connectivity index (χ1n) is 4.31. The molecule has 0 saturated carbocycles. The fourth-order valence-corrected chi connectivity index (χ4v) is 2.56. The molecule has 0 radical (unpaired) electrons. The molecule has 0 aliphatic heterocycles. The number of halogens is 3. The minimum absolute atomic E-state index is 0.245. The Labute approximate surface area is 112 Å². The number of aromatic nitrogens is 1. The van der Waals surface area contributed by atoms with E-state index in [2.05, 4.69) is 4.98 Å². The topological polar surface area (TPSA) is 26.0 Å². The average Bonchev–Trinajstić information content (AvgIpc) is 2.61. The molecule has 0 aliphatic carbocycles. The predicted molar refractivity (Wildman–Crippen MR) is 66.8 cm³/mol. The highest BCUT2D eigenvalue weighted by atomic mass is 35.5. The lowest BCUT2D eigenvalue weighted by Crippen LogP contribution is -1.84. The van der Waals surface area contributed by atoms with Gasteiger partial charge in [0.2, 0.25) is 0 Å². The Morgan fingerprint density at radius 3 is 2.62 bits per heavy atom. The molecule has 0 atom stereocenters. The van der Waals surface area contributed by atoms with Crippen molar-refractivity contribution < 1.29 is 4.42 Å². The maximum atomic E-state index is 6.01. The van der Waals surface area contributed by atoms with Gasteiger partial charge in [-0.05, 0) is 19.1 Å². The van der Waals surface area contributed by atoms with Gasteiger partial charge in [0.25, 0.3) is 0 Å². The molecule has 2 heterocycles. The SMILES string of the molecule is Cc1occc1Sc1nc(Cl)c(Cl)cc1Cl. The molecule has 0 N–H and O–H groups in total. The predicted octanol–water partition coefficient (Wildman–Crippen LogP) is 5.09. The summed E-state index contributed by atoms with van der Waals surface area (Å²) in [6.07, 6.45) is 1.61. The Balaban J connectivity index is 2.35. The van der Waals surface area contributed by atoms with Gasteiger partial charge in [0.15, 0.2) is 0 Å². The van der Waals surface area contributed by atoms with Crippen LogP contribution in [0.1, 0.15) is 5.76 Å². The Bertz CT molecular complexity index is 527. The van der Waals surface area contributed by atoms with Crippen LogP contribution in [-0.2, 0) is 0 Å². The molecule has 2 aromatic heterocycles. The van der Waals surface area contributed by atoms with E-state index < -0.39 is 0 Å². The summed E-state index contributed by atoms with van der Waals surface area (Å²) < 4.78 is 5.18. The Morgan fingerprint density at radius 2 is 2.00 bits per heavy atom. The van der Waals surface area contributed by atoms with Gasteiger partial charge in [-0.1, -0.05) is 46.6 Å². The van der Waals surface area contributed by atoms with Crippen molar-refractivity contribution in [2.24, 2.45) is 0 Å². The van der Waals surface area contributed by atoms with Gasteiger partial charge in [0.05, 0.1) is 21.2 Å². The molecule has 0 amide bonds. The number of hydrogen-bond donors (Lipinski definition) is 0. The van der Waals surface area contributed by atoms with Crippen LogP contribution in [0.25, 0.3) is 0 Å². The minimum Gasteiger partial charge on any atom is -0.468 e. The van der Waals surface area contributed by atoms with E-state index in [4.69, 9.17) is 39.2 Å². The molecular formula is C10H6Cl3NOS. The zero-order valence-electron chi connectivity index (χ0n) is 8.13. The molecule has 16 heavy (non-hydrogen) atoms. The zero-order chi connectivity index (χ0) is 11.7. The van der Waals surface area contributed by atoms with Crippen LogP contribution in [0.5, 0.6) is 0 Å². The maximum absolute atomic E-state index is 6.01. The molecule has 0 aliphatic rings. The van der Waals surface area contributed by atoms with Gasteiger partial charge in [-0.2, -0.15) is 0 Å². The number of furan rings is 1. The van der Waals surface area contributed by atoms with Crippen molar-refractivity contribution in [2.45, 2.75) is 16.8 Å². The molecule has 0 unspecified atom stereocenters. The van der Waals surface area contributed by atoms with Crippen molar-refractivity contribution in [1.82, 2.24) is 4.98 Å². The fourth-order valence-electron chi connectivity index (χ4n) is 1.08. The number of aryl methyl sites for hydroxylation is 1. The molecule has 84 valence electrons. The van der Waals surface area contributed by atoms with Crippen molar-refractivity contribution >= 4 is 46.6 Å². The molecule has 0 bridgehead atoms. The van der Waals surface area contributed by atoms with Crippen molar-refractivity contribution in [3.63, 3.8) is 0 Å². The Morgan fingerprint density at radius 1 is 1.25 bits per heavy atom. The van der Waals surface area contributed by atoms with Crippen LogP contribution in [0.2, 0.25) is 15.2 Å². The third kappa shape index (κ3) is 2.48. The highest BCUT2D eigenvalue weighted by molar-refractivity contribution is 7.99. The maximum Gasteiger partial charge on any atom is 0.149 e.